The Morgan fingerprint density at radius 2 is 2.06 bits per heavy atom. The highest BCUT2D eigenvalue weighted by Crippen LogP contribution is 2.34. The van der Waals surface area contributed by atoms with Crippen molar-refractivity contribution in [1.29, 1.82) is 0 Å². The molecule has 1 aliphatic heterocycles. The fraction of sp³-hybridized carbons (Fsp3) is 0.923. The molecule has 94 valence electrons. The summed E-state index contributed by atoms with van der Waals surface area (Å²) in [6.07, 6.45) is 4.21. The molecule has 1 aliphatic rings. The van der Waals surface area contributed by atoms with Crippen LogP contribution in [0.15, 0.2) is 0 Å². The highest BCUT2D eigenvalue weighted by Gasteiger charge is 2.40. The van der Waals surface area contributed by atoms with E-state index in [-0.39, 0.29) is 11.6 Å². The molecule has 0 bridgehead atoms. The van der Waals surface area contributed by atoms with Crippen molar-refractivity contribution in [2.75, 3.05) is 6.54 Å². The summed E-state index contributed by atoms with van der Waals surface area (Å²) in [5, 5.41) is 0. The molecule has 3 heteroatoms. The lowest BCUT2D eigenvalue weighted by Gasteiger charge is -2.36. The quantitative estimate of drug-likeness (QED) is 0.721. The summed E-state index contributed by atoms with van der Waals surface area (Å²) in [4.78, 5) is 14.0. The molecule has 16 heavy (non-hydrogen) atoms. The van der Waals surface area contributed by atoms with E-state index in [0.29, 0.717) is 0 Å². The van der Waals surface area contributed by atoms with Gasteiger partial charge in [0.15, 0.2) is 0 Å². The minimum absolute atomic E-state index is 0.0110. The van der Waals surface area contributed by atoms with E-state index in [2.05, 4.69) is 13.8 Å². The molecule has 1 rings (SSSR count). The maximum atomic E-state index is 12.1. The summed E-state index contributed by atoms with van der Waals surface area (Å²) in [6, 6.07) is 0. The lowest BCUT2D eigenvalue weighted by Crippen LogP contribution is -2.47. The van der Waals surface area contributed by atoms with Crippen molar-refractivity contribution >= 4 is 6.09 Å². The molecule has 1 saturated heterocycles. The Morgan fingerprint density at radius 3 is 2.56 bits per heavy atom. The van der Waals surface area contributed by atoms with E-state index in [4.69, 9.17) is 4.74 Å². The summed E-state index contributed by atoms with van der Waals surface area (Å²) < 4.78 is 5.45. The van der Waals surface area contributed by atoms with Crippen LogP contribution in [0.4, 0.5) is 4.79 Å². The maximum absolute atomic E-state index is 12.1. The number of likely N-dealkylation sites (tertiary alicyclic amines) is 1. The molecule has 0 radical (unpaired) electrons. The second-order valence-electron chi connectivity index (χ2n) is 5.98. The largest absolute Gasteiger partial charge is 0.444 e. The third-order valence-corrected chi connectivity index (χ3v) is 3.15. The van der Waals surface area contributed by atoms with Gasteiger partial charge in [0.25, 0.3) is 0 Å². The topological polar surface area (TPSA) is 29.5 Å². The SMILES string of the molecule is CCCC1(C)CCCN1C(=O)OC(C)(C)C. The first kappa shape index (κ1) is 13.3. The van der Waals surface area contributed by atoms with Gasteiger partial charge >= 0.3 is 6.09 Å². The Kier molecular flexibility index (Phi) is 3.87. The van der Waals surface area contributed by atoms with E-state index in [9.17, 15) is 4.79 Å². The van der Waals surface area contributed by atoms with E-state index < -0.39 is 5.60 Å². The lowest BCUT2D eigenvalue weighted by molar-refractivity contribution is 0.00930. The zero-order valence-corrected chi connectivity index (χ0v) is 11.3. The van der Waals surface area contributed by atoms with Crippen molar-refractivity contribution < 1.29 is 9.53 Å². The zero-order valence-electron chi connectivity index (χ0n) is 11.3. The van der Waals surface area contributed by atoms with Crippen LogP contribution in [0, 0.1) is 0 Å². The molecule has 0 spiro atoms. The van der Waals surface area contributed by atoms with Gasteiger partial charge in [-0.3, -0.25) is 0 Å². The van der Waals surface area contributed by atoms with E-state index in [1.807, 2.05) is 25.7 Å². The van der Waals surface area contributed by atoms with Crippen molar-refractivity contribution in [2.24, 2.45) is 0 Å². The van der Waals surface area contributed by atoms with E-state index in [0.717, 1.165) is 32.2 Å². The van der Waals surface area contributed by atoms with Gasteiger partial charge in [0.2, 0.25) is 0 Å². The van der Waals surface area contributed by atoms with Crippen LogP contribution in [0.3, 0.4) is 0 Å². The Labute approximate surface area is 99.1 Å². The van der Waals surface area contributed by atoms with Gasteiger partial charge < -0.3 is 9.64 Å². The molecule has 0 aromatic rings. The maximum Gasteiger partial charge on any atom is 0.410 e. The van der Waals surface area contributed by atoms with Crippen LogP contribution in [-0.4, -0.2) is 28.7 Å². The van der Waals surface area contributed by atoms with Gasteiger partial charge in [0, 0.05) is 12.1 Å². The van der Waals surface area contributed by atoms with Crippen LogP contribution in [-0.2, 0) is 4.74 Å². The smallest absolute Gasteiger partial charge is 0.410 e. The summed E-state index contributed by atoms with van der Waals surface area (Å²) in [5.41, 5.74) is -0.385. The van der Waals surface area contributed by atoms with Gasteiger partial charge in [0.05, 0.1) is 0 Å². The minimum atomic E-state index is -0.396. The van der Waals surface area contributed by atoms with Crippen LogP contribution in [0.25, 0.3) is 0 Å². The molecule has 3 nitrogen and oxygen atoms in total. The number of hydrogen-bond acceptors (Lipinski definition) is 2. The molecular formula is C13H25NO2. The molecule has 0 aromatic heterocycles. The second kappa shape index (κ2) is 4.64. The summed E-state index contributed by atoms with van der Waals surface area (Å²) in [6.45, 7) is 10.9. The average Bonchev–Trinajstić information content (AvgIpc) is 2.44. The van der Waals surface area contributed by atoms with Crippen LogP contribution >= 0.6 is 0 Å². The third-order valence-electron chi connectivity index (χ3n) is 3.15. The van der Waals surface area contributed by atoms with Gasteiger partial charge in [-0.15, -0.1) is 0 Å². The summed E-state index contributed by atoms with van der Waals surface area (Å²) in [5.74, 6) is 0. The first-order valence-corrected chi connectivity index (χ1v) is 6.29. The number of nitrogens with zero attached hydrogens (tertiary/aromatic N) is 1. The predicted molar refractivity (Wildman–Crippen MR) is 65.5 cm³/mol. The van der Waals surface area contributed by atoms with Crippen molar-refractivity contribution in [1.82, 2.24) is 4.90 Å². The molecule has 0 saturated carbocycles. The number of hydrogen-bond donors (Lipinski definition) is 0. The molecule has 1 atom stereocenters. The fourth-order valence-corrected chi connectivity index (χ4v) is 2.45. The standard InChI is InChI=1S/C13H25NO2/c1-6-8-13(5)9-7-10-14(13)11(15)16-12(2,3)4/h6-10H2,1-5H3. The summed E-state index contributed by atoms with van der Waals surface area (Å²) in [7, 11) is 0. The monoisotopic (exact) mass is 227 g/mol. The van der Waals surface area contributed by atoms with Gasteiger partial charge in [-0.2, -0.15) is 0 Å². The van der Waals surface area contributed by atoms with Crippen molar-refractivity contribution in [3.63, 3.8) is 0 Å². The average molecular weight is 227 g/mol. The third kappa shape index (κ3) is 3.13. The molecule has 1 amide bonds. The second-order valence-corrected chi connectivity index (χ2v) is 5.98. The van der Waals surface area contributed by atoms with Crippen molar-refractivity contribution in [3.05, 3.63) is 0 Å². The van der Waals surface area contributed by atoms with Gasteiger partial charge in [-0.05, 0) is 47.0 Å². The Morgan fingerprint density at radius 1 is 1.44 bits per heavy atom. The van der Waals surface area contributed by atoms with Crippen LogP contribution in [0.2, 0.25) is 0 Å². The summed E-state index contributed by atoms with van der Waals surface area (Å²) >= 11 is 0. The first-order valence-electron chi connectivity index (χ1n) is 6.29. The molecule has 1 fully saturated rings. The number of amides is 1. The van der Waals surface area contributed by atoms with Crippen LogP contribution in [0.5, 0.6) is 0 Å². The number of carbonyl (C=O) groups excluding carboxylic acids is 1. The van der Waals surface area contributed by atoms with Gasteiger partial charge in [-0.1, -0.05) is 13.3 Å². The number of ether oxygens (including phenoxy) is 1. The van der Waals surface area contributed by atoms with Crippen LogP contribution < -0.4 is 0 Å². The first-order chi connectivity index (χ1) is 7.28. The predicted octanol–water partition coefficient (Wildman–Crippen LogP) is 3.58. The molecular weight excluding hydrogens is 202 g/mol. The van der Waals surface area contributed by atoms with E-state index in [1.165, 1.54) is 0 Å². The Hall–Kier alpha value is -0.730. The molecule has 1 heterocycles. The Balaban J connectivity index is 2.68. The van der Waals surface area contributed by atoms with Crippen molar-refractivity contribution in [2.45, 2.75) is 71.4 Å². The highest BCUT2D eigenvalue weighted by atomic mass is 16.6. The Bertz CT molecular complexity index is 257. The van der Waals surface area contributed by atoms with Crippen molar-refractivity contribution in [3.8, 4) is 0 Å². The van der Waals surface area contributed by atoms with E-state index >= 15 is 0 Å². The normalized spacial score (nSPS) is 25.9. The molecule has 0 aromatic carbocycles. The minimum Gasteiger partial charge on any atom is -0.444 e. The zero-order chi connectivity index (χ0) is 12.4. The fourth-order valence-electron chi connectivity index (χ4n) is 2.45. The van der Waals surface area contributed by atoms with Crippen LogP contribution in [0.1, 0.15) is 60.3 Å². The molecule has 1 unspecified atom stereocenters. The number of carbonyl (C=O) groups is 1. The lowest BCUT2D eigenvalue weighted by atomic mass is 9.93. The van der Waals surface area contributed by atoms with Gasteiger partial charge in [0.1, 0.15) is 5.60 Å². The highest BCUT2D eigenvalue weighted by molar-refractivity contribution is 5.69. The number of rotatable bonds is 2. The van der Waals surface area contributed by atoms with Gasteiger partial charge in [-0.25, -0.2) is 4.79 Å². The molecule has 0 N–H and O–H groups in total. The molecule has 0 aliphatic carbocycles. The van der Waals surface area contributed by atoms with E-state index in [1.54, 1.807) is 0 Å².